The molecule has 2 rings (SSSR count). The van der Waals surface area contributed by atoms with E-state index < -0.39 is 0 Å². The van der Waals surface area contributed by atoms with Crippen molar-refractivity contribution >= 4 is 16.7 Å². The van der Waals surface area contributed by atoms with Crippen LogP contribution in [0.1, 0.15) is 6.42 Å². The smallest absolute Gasteiger partial charge is 0.227 e. The van der Waals surface area contributed by atoms with Gasteiger partial charge in [0.25, 0.3) is 0 Å². The fraction of sp³-hybridized carbons (Fsp3) is 0.750. The van der Waals surface area contributed by atoms with Gasteiger partial charge in [-0.15, -0.1) is 0 Å². The summed E-state index contributed by atoms with van der Waals surface area (Å²) < 4.78 is 3.75. The van der Waals surface area contributed by atoms with E-state index in [1.54, 1.807) is 0 Å². The van der Waals surface area contributed by atoms with Crippen molar-refractivity contribution in [3.05, 3.63) is 0 Å². The summed E-state index contributed by atoms with van der Waals surface area (Å²) in [7, 11) is 0. The van der Waals surface area contributed by atoms with E-state index in [1.807, 2.05) is 0 Å². The first-order valence-corrected chi connectivity index (χ1v) is 5.67. The lowest BCUT2D eigenvalue weighted by molar-refractivity contribution is 0.263. The molecule has 15 heavy (non-hydrogen) atoms. The normalized spacial score (nSPS) is 17.7. The summed E-state index contributed by atoms with van der Waals surface area (Å²) >= 11 is 1.33. The number of anilines is 1. The molecule has 0 amide bonds. The van der Waals surface area contributed by atoms with Crippen molar-refractivity contribution in [3.8, 4) is 6.07 Å². The molecule has 80 valence electrons. The first-order valence-electron chi connectivity index (χ1n) is 4.89. The number of rotatable bonds is 3. The maximum Gasteiger partial charge on any atom is 0.227 e. The number of aromatic nitrogens is 3. The van der Waals surface area contributed by atoms with Gasteiger partial charge in [0, 0.05) is 50.7 Å². The maximum atomic E-state index is 8.49. The van der Waals surface area contributed by atoms with Crippen LogP contribution in [0, 0.1) is 11.3 Å². The highest BCUT2D eigenvalue weighted by Crippen LogP contribution is 2.15. The average Bonchev–Trinajstić information content (AvgIpc) is 2.80. The molecule has 0 saturated carbocycles. The van der Waals surface area contributed by atoms with Crippen molar-refractivity contribution in [2.24, 2.45) is 0 Å². The Morgan fingerprint density at radius 3 is 2.73 bits per heavy atom. The van der Waals surface area contributed by atoms with Crippen LogP contribution in [0.25, 0.3) is 0 Å². The second-order valence-corrected chi connectivity index (χ2v) is 4.09. The monoisotopic (exact) mass is 224 g/mol. The molecular weight excluding hydrogens is 212 g/mol. The van der Waals surface area contributed by atoms with Crippen LogP contribution in [-0.4, -0.2) is 52.4 Å². The molecule has 0 radical (unpaired) electrons. The van der Waals surface area contributed by atoms with Crippen molar-refractivity contribution < 1.29 is 0 Å². The minimum absolute atomic E-state index is 0.611. The molecule has 0 unspecified atom stereocenters. The second-order valence-electron chi connectivity index (χ2n) is 3.38. The highest BCUT2D eigenvalue weighted by atomic mass is 32.1. The molecule has 0 bridgehead atoms. The van der Waals surface area contributed by atoms with E-state index in [0.29, 0.717) is 6.42 Å². The first-order chi connectivity index (χ1) is 7.40. The lowest BCUT2D eigenvalue weighted by atomic mass is 10.3. The molecule has 1 fully saturated rings. The van der Waals surface area contributed by atoms with E-state index in [4.69, 9.17) is 5.26 Å². The quantitative estimate of drug-likeness (QED) is 0.718. The zero-order valence-corrected chi connectivity index (χ0v) is 9.15. The van der Waals surface area contributed by atoms with Gasteiger partial charge in [-0.1, -0.05) is 9.59 Å². The van der Waals surface area contributed by atoms with Crippen molar-refractivity contribution in [2.45, 2.75) is 6.42 Å². The van der Waals surface area contributed by atoms with Crippen molar-refractivity contribution in [1.82, 2.24) is 19.7 Å². The summed E-state index contributed by atoms with van der Waals surface area (Å²) in [4.78, 5) is 4.49. The molecular formula is C8H12N6S. The molecule has 0 atom stereocenters. The van der Waals surface area contributed by atoms with E-state index in [-0.39, 0.29) is 0 Å². The van der Waals surface area contributed by atoms with E-state index in [2.05, 4.69) is 30.7 Å². The second kappa shape index (κ2) is 5.00. The number of nitriles is 1. The van der Waals surface area contributed by atoms with Gasteiger partial charge in [-0.05, 0) is 5.21 Å². The zero-order chi connectivity index (χ0) is 10.5. The van der Waals surface area contributed by atoms with Crippen molar-refractivity contribution in [1.29, 1.82) is 5.26 Å². The summed E-state index contributed by atoms with van der Waals surface area (Å²) in [6.07, 6.45) is 0.611. The molecule has 0 aromatic carbocycles. The van der Waals surface area contributed by atoms with E-state index in [0.717, 1.165) is 37.9 Å². The number of hydrogen-bond acceptors (Lipinski definition) is 7. The molecule has 1 aliphatic rings. The summed E-state index contributed by atoms with van der Waals surface area (Å²) in [5.41, 5.74) is 0. The number of nitrogens with zero attached hydrogens (tertiary/aromatic N) is 6. The van der Waals surface area contributed by atoms with Crippen LogP contribution in [-0.2, 0) is 0 Å². The van der Waals surface area contributed by atoms with Crippen molar-refractivity contribution in [2.75, 3.05) is 37.6 Å². The molecule has 1 aliphatic heterocycles. The molecule has 6 nitrogen and oxygen atoms in total. The third-order valence-corrected chi connectivity index (χ3v) is 3.13. The summed E-state index contributed by atoms with van der Waals surface area (Å²) in [5, 5.41) is 16.9. The topological polar surface area (TPSA) is 68.9 Å². The Labute approximate surface area is 92.3 Å². The van der Waals surface area contributed by atoms with Gasteiger partial charge in [0.15, 0.2) is 0 Å². The van der Waals surface area contributed by atoms with Gasteiger partial charge in [-0.3, -0.25) is 4.90 Å². The van der Waals surface area contributed by atoms with E-state index in [1.165, 1.54) is 11.5 Å². The summed E-state index contributed by atoms with van der Waals surface area (Å²) in [6, 6.07) is 2.17. The molecule has 0 spiro atoms. The summed E-state index contributed by atoms with van der Waals surface area (Å²) in [6.45, 7) is 4.74. The minimum Gasteiger partial charge on any atom is -0.343 e. The van der Waals surface area contributed by atoms with Gasteiger partial charge >= 0.3 is 0 Å². The minimum atomic E-state index is 0.611. The van der Waals surface area contributed by atoms with Crippen LogP contribution in [0.4, 0.5) is 5.13 Å². The molecule has 0 N–H and O–H groups in total. The van der Waals surface area contributed by atoms with Gasteiger partial charge in [0.05, 0.1) is 6.07 Å². The third-order valence-electron chi connectivity index (χ3n) is 2.47. The van der Waals surface area contributed by atoms with Crippen LogP contribution in [0.2, 0.25) is 0 Å². The SMILES string of the molecule is N#CCCN1CCN(c2nnns2)CC1. The predicted octanol–water partition coefficient (Wildman–Crippen LogP) is -0.0312. The predicted molar refractivity (Wildman–Crippen MR) is 56.6 cm³/mol. The first kappa shape index (κ1) is 10.3. The summed E-state index contributed by atoms with van der Waals surface area (Å²) in [5.74, 6) is 0. The van der Waals surface area contributed by atoms with Gasteiger partial charge in [-0.25, -0.2) is 0 Å². The Morgan fingerprint density at radius 1 is 1.33 bits per heavy atom. The van der Waals surface area contributed by atoms with Crippen molar-refractivity contribution in [3.63, 3.8) is 0 Å². The average molecular weight is 224 g/mol. The van der Waals surface area contributed by atoms with Crippen LogP contribution in [0.5, 0.6) is 0 Å². The molecule has 0 aliphatic carbocycles. The molecule has 1 saturated heterocycles. The molecule has 1 aromatic rings. The number of hydrogen-bond donors (Lipinski definition) is 0. The zero-order valence-electron chi connectivity index (χ0n) is 8.33. The Bertz CT molecular complexity index is 323. The van der Waals surface area contributed by atoms with Crippen LogP contribution in [0.3, 0.4) is 0 Å². The standard InChI is InChI=1S/C8H12N6S/c9-2-1-3-13-4-6-14(7-5-13)8-10-11-12-15-8/h1,3-7H2. The van der Waals surface area contributed by atoms with Gasteiger partial charge in [0.1, 0.15) is 0 Å². The highest BCUT2D eigenvalue weighted by molar-refractivity contribution is 7.09. The Morgan fingerprint density at radius 2 is 2.13 bits per heavy atom. The lowest BCUT2D eigenvalue weighted by Crippen LogP contribution is -2.46. The van der Waals surface area contributed by atoms with Crippen LogP contribution < -0.4 is 4.90 Å². The fourth-order valence-electron chi connectivity index (χ4n) is 1.62. The van der Waals surface area contributed by atoms with E-state index >= 15 is 0 Å². The molecule has 2 heterocycles. The third kappa shape index (κ3) is 2.61. The van der Waals surface area contributed by atoms with Crippen LogP contribution in [0.15, 0.2) is 0 Å². The Balaban J connectivity index is 1.80. The lowest BCUT2D eigenvalue weighted by Gasteiger charge is -2.33. The Kier molecular flexibility index (Phi) is 3.42. The Hall–Kier alpha value is -1.26. The fourth-order valence-corrected chi connectivity index (χ4v) is 2.14. The molecule has 1 aromatic heterocycles. The van der Waals surface area contributed by atoms with Gasteiger partial charge in [-0.2, -0.15) is 5.26 Å². The molecule has 7 heteroatoms. The van der Waals surface area contributed by atoms with E-state index in [9.17, 15) is 0 Å². The number of piperazine rings is 1. The maximum absolute atomic E-state index is 8.49. The van der Waals surface area contributed by atoms with Crippen LogP contribution >= 0.6 is 11.5 Å². The highest BCUT2D eigenvalue weighted by Gasteiger charge is 2.18. The largest absolute Gasteiger partial charge is 0.343 e. The van der Waals surface area contributed by atoms with Gasteiger partial charge < -0.3 is 4.90 Å². The van der Waals surface area contributed by atoms with Gasteiger partial charge in [0.2, 0.25) is 5.13 Å².